The largest absolute Gasteiger partial charge is 0.396 e. The van der Waals surface area contributed by atoms with E-state index in [1.54, 1.807) is 0 Å². The van der Waals surface area contributed by atoms with Crippen LogP contribution in [0.3, 0.4) is 0 Å². The molecule has 1 unspecified atom stereocenters. The zero-order valence-electron chi connectivity index (χ0n) is 11.3. The average Bonchev–Trinajstić information content (AvgIpc) is 2.49. The van der Waals surface area contributed by atoms with Gasteiger partial charge in [0.05, 0.1) is 0 Å². The van der Waals surface area contributed by atoms with Gasteiger partial charge in [0.2, 0.25) is 0 Å². The number of halogens is 1. The number of aliphatic hydroxyl groups excluding tert-OH is 1. The van der Waals surface area contributed by atoms with Gasteiger partial charge in [0.1, 0.15) is 0 Å². The Morgan fingerprint density at radius 1 is 1.10 bits per heavy atom. The van der Waals surface area contributed by atoms with Crippen LogP contribution in [-0.2, 0) is 13.0 Å². The molecule has 3 heteroatoms. The fourth-order valence-corrected chi connectivity index (χ4v) is 3.40. The predicted octanol–water partition coefficient (Wildman–Crippen LogP) is 3.62. The van der Waals surface area contributed by atoms with E-state index in [2.05, 4.69) is 63.3 Å². The van der Waals surface area contributed by atoms with Gasteiger partial charge in [-0.05, 0) is 29.7 Å². The van der Waals surface area contributed by atoms with Crippen LogP contribution in [0.2, 0.25) is 0 Å². The first-order valence-corrected chi connectivity index (χ1v) is 7.74. The summed E-state index contributed by atoms with van der Waals surface area (Å²) in [6.07, 6.45) is 0.943. The van der Waals surface area contributed by atoms with Crippen molar-refractivity contribution in [1.29, 1.82) is 0 Å². The van der Waals surface area contributed by atoms with Crippen molar-refractivity contribution in [3.05, 3.63) is 64.1 Å². The monoisotopic (exact) mass is 331 g/mol. The molecule has 1 N–H and O–H groups in total. The summed E-state index contributed by atoms with van der Waals surface area (Å²) in [6, 6.07) is 16.8. The van der Waals surface area contributed by atoms with E-state index in [1.165, 1.54) is 16.8 Å². The molecule has 2 aromatic carbocycles. The Morgan fingerprint density at radius 3 is 2.65 bits per heavy atom. The van der Waals surface area contributed by atoms with Crippen LogP contribution in [0.1, 0.15) is 11.1 Å². The molecule has 0 saturated heterocycles. The van der Waals surface area contributed by atoms with Gasteiger partial charge in [-0.25, -0.2) is 0 Å². The van der Waals surface area contributed by atoms with Crippen molar-refractivity contribution >= 4 is 21.6 Å². The van der Waals surface area contributed by atoms with Crippen LogP contribution in [0.25, 0.3) is 0 Å². The third-order valence-corrected chi connectivity index (χ3v) is 4.62. The molecular weight excluding hydrogens is 314 g/mol. The van der Waals surface area contributed by atoms with Gasteiger partial charge in [0.25, 0.3) is 0 Å². The summed E-state index contributed by atoms with van der Waals surface area (Å²) in [5.74, 6) is 0.310. The topological polar surface area (TPSA) is 23.5 Å². The Balaban J connectivity index is 1.93. The van der Waals surface area contributed by atoms with Gasteiger partial charge in [-0.1, -0.05) is 52.3 Å². The first kappa shape index (κ1) is 13.7. The molecular formula is C17H18BrNO. The summed E-state index contributed by atoms with van der Waals surface area (Å²) in [6.45, 7) is 2.04. The predicted molar refractivity (Wildman–Crippen MR) is 85.9 cm³/mol. The zero-order chi connectivity index (χ0) is 13.9. The third-order valence-electron chi connectivity index (χ3n) is 3.88. The van der Waals surface area contributed by atoms with Gasteiger partial charge < -0.3 is 10.0 Å². The summed E-state index contributed by atoms with van der Waals surface area (Å²) in [5.41, 5.74) is 3.90. The van der Waals surface area contributed by atoms with E-state index >= 15 is 0 Å². The van der Waals surface area contributed by atoms with E-state index in [4.69, 9.17) is 0 Å². The van der Waals surface area contributed by atoms with Crippen molar-refractivity contribution in [1.82, 2.24) is 0 Å². The highest BCUT2D eigenvalue weighted by molar-refractivity contribution is 9.10. The van der Waals surface area contributed by atoms with Gasteiger partial charge in [0, 0.05) is 35.8 Å². The van der Waals surface area contributed by atoms with Crippen molar-refractivity contribution in [3.8, 4) is 0 Å². The molecule has 2 aromatic rings. The van der Waals surface area contributed by atoms with Crippen LogP contribution in [-0.4, -0.2) is 18.3 Å². The van der Waals surface area contributed by atoms with Crippen LogP contribution >= 0.6 is 15.9 Å². The molecule has 20 heavy (non-hydrogen) atoms. The Bertz CT molecular complexity index is 585. The minimum Gasteiger partial charge on any atom is -0.396 e. The molecule has 0 aromatic heterocycles. The standard InChI is InChI=1S/C17H18BrNO/c18-16-7-4-8-17-15(16)9-14(12-20)11-19(17)10-13-5-2-1-3-6-13/h1-8,14,20H,9-12H2. The molecule has 1 atom stereocenters. The maximum absolute atomic E-state index is 9.55. The second-order valence-electron chi connectivity index (χ2n) is 5.36. The van der Waals surface area contributed by atoms with Crippen molar-refractivity contribution < 1.29 is 5.11 Å². The quantitative estimate of drug-likeness (QED) is 0.928. The van der Waals surface area contributed by atoms with Crippen molar-refractivity contribution in [3.63, 3.8) is 0 Å². The molecule has 3 rings (SSSR count). The molecule has 2 nitrogen and oxygen atoms in total. The summed E-state index contributed by atoms with van der Waals surface area (Å²) >= 11 is 3.64. The van der Waals surface area contributed by atoms with E-state index in [0.717, 1.165) is 24.0 Å². The number of aliphatic hydroxyl groups is 1. The molecule has 104 valence electrons. The van der Waals surface area contributed by atoms with Crippen molar-refractivity contribution in [2.75, 3.05) is 18.1 Å². The summed E-state index contributed by atoms with van der Waals surface area (Å²) in [7, 11) is 0. The molecule has 0 bridgehead atoms. The first-order chi connectivity index (χ1) is 9.78. The van der Waals surface area contributed by atoms with Crippen LogP contribution in [0.4, 0.5) is 5.69 Å². The van der Waals surface area contributed by atoms with Crippen LogP contribution in [0, 0.1) is 5.92 Å². The highest BCUT2D eigenvalue weighted by Gasteiger charge is 2.25. The lowest BCUT2D eigenvalue weighted by atomic mass is 9.92. The van der Waals surface area contributed by atoms with E-state index in [9.17, 15) is 5.11 Å². The van der Waals surface area contributed by atoms with Crippen LogP contribution in [0.15, 0.2) is 53.0 Å². The average molecular weight is 332 g/mol. The number of nitrogens with zero attached hydrogens (tertiary/aromatic N) is 1. The molecule has 0 aliphatic carbocycles. The van der Waals surface area contributed by atoms with Crippen LogP contribution in [0.5, 0.6) is 0 Å². The lowest BCUT2D eigenvalue weighted by Crippen LogP contribution is -2.36. The molecule has 1 aliphatic heterocycles. The SMILES string of the molecule is OCC1Cc2c(Br)cccc2N(Cc2ccccc2)C1. The minimum absolute atomic E-state index is 0.242. The Morgan fingerprint density at radius 2 is 1.90 bits per heavy atom. The number of benzene rings is 2. The van der Waals surface area contributed by atoms with E-state index in [0.29, 0.717) is 5.92 Å². The van der Waals surface area contributed by atoms with Crippen molar-refractivity contribution in [2.45, 2.75) is 13.0 Å². The summed E-state index contributed by atoms with van der Waals surface area (Å²) < 4.78 is 1.14. The van der Waals surface area contributed by atoms with E-state index in [1.807, 2.05) is 6.07 Å². The van der Waals surface area contributed by atoms with Crippen LogP contribution < -0.4 is 4.90 Å². The summed E-state index contributed by atoms with van der Waals surface area (Å²) in [4.78, 5) is 2.37. The number of hydrogen-bond acceptors (Lipinski definition) is 2. The second-order valence-corrected chi connectivity index (χ2v) is 6.21. The first-order valence-electron chi connectivity index (χ1n) is 6.95. The lowest BCUT2D eigenvalue weighted by Gasteiger charge is -2.36. The maximum Gasteiger partial charge on any atom is 0.0479 e. The normalized spacial score (nSPS) is 17.9. The lowest BCUT2D eigenvalue weighted by molar-refractivity contribution is 0.223. The highest BCUT2D eigenvalue weighted by Crippen LogP contribution is 2.35. The number of fused-ring (bicyclic) bond motifs is 1. The second kappa shape index (κ2) is 5.98. The Kier molecular flexibility index (Phi) is 4.08. The smallest absolute Gasteiger partial charge is 0.0479 e. The van der Waals surface area contributed by atoms with Gasteiger partial charge in [-0.3, -0.25) is 0 Å². The number of hydrogen-bond donors (Lipinski definition) is 1. The molecule has 0 spiro atoms. The highest BCUT2D eigenvalue weighted by atomic mass is 79.9. The molecule has 0 fully saturated rings. The molecule has 1 heterocycles. The van der Waals surface area contributed by atoms with E-state index in [-0.39, 0.29) is 6.61 Å². The Hall–Kier alpha value is -1.32. The fourth-order valence-electron chi connectivity index (χ4n) is 2.88. The molecule has 0 radical (unpaired) electrons. The fraction of sp³-hybridized carbons (Fsp3) is 0.294. The number of anilines is 1. The zero-order valence-corrected chi connectivity index (χ0v) is 12.9. The van der Waals surface area contributed by atoms with Gasteiger partial charge in [-0.15, -0.1) is 0 Å². The molecule has 0 saturated carbocycles. The van der Waals surface area contributed by atoms with Gasteiger partial charge in [-0.2, -0.15) is 0 Å². The van der Waals surface area contributed by atoms with Gasteiger partial charge >= 0.3 is 0 Å². The van der Waals surface area contributed by atoms with Gasteiger partial charge in [0.15, 0.2) is 0 Å². The molecule has 1 aliphatic rings. The van der Waals surface area contributed by atoms with E-state index < -0.39 is 0 Å². The summed E-state index contributed by atoms with van der Waals surface area (Å²) in [5, 5.41) is 9.55. The molecule has 0 amide bonds. The third kappa shape index (κ3) is 2.74. The Labute approximate surface area is 128 Å². The maximum atomic E-state index is 9.55. The minimum atomic E-state index is 0.242. The van der Waals surface area contributed by atoms with Crippen molar-refractivity contribution in [2.24, 2.45) is 5.92 Å². The number of rotatable bonds is 3.